The Balaban J connectivity index is 1.98. The highest BCUT2D eigenvalue weighted by Crippen LogP contribution is 2.44. The summed E-state index contributed by atoms with van der Waals surface area (Å²) < 4.78 is 0. The predicted octanol–water partition coefficient (Wildman–Crippen LogP) is 3.93. The Kier molecular flexibility index (Phi) is 3.39. The number of phenolic OH excluding ortho intramolecular Hbond substituents is 1. The van der Waals surface area contributed by atoms with Gasteiger partial charge >= 0.3 is 0 Å². The molecule has 4 rings (SSSR count). The molecule has 3 aromatic rings. The molecule has 1 aliphatic heterocycles. The van der Waals surface area contributed by atoms with Crippen LogP contribution < -0.4 is 5.32 Å². The molecule has 0 bridgehead atoms. The van der Waals surface area contributed by atoms with Crippen molar-refractivity contribution in [3.8, 4) is 5.75 Å². The topological polar surface area (TPSA) is 92.5 Å². The van der Waals surface area contributed by atoms with Gasteiger partial charge in [-0.2, -0.15) is 0 Å². The van der Waals surface area contributed by atoms with E-state index < -0.39 is 10.8 Å². The van der Waals surface area contributed by atoms with E-state index >= 15 is 0 Å². The van der Waals surface area contributed by atoms with Gasteiger partial charge in [0.1, 0.15) is 5.75 Å². The Morgan fingerprint density at radius 3 is 2.60 bits per heavy atom. The fraction of sp³-hybridized carbons (Fsp3) is 0.105. The molecule has 0 radical (unpaired) electrons. The molecule has 0 spiro atoms. The van der Waals surface area contributed by atoms with E-state index in [1.54, 1.807) is 36.4 Å². The van der Waals surface area contributed by atoms with Crippen molar-refractivity contribution < 1.29 is 14.8 Å². The van der Waals surface area contributed by atoms with Gasteiger partial charge in [0.05, 0.1) is 10.6 Å². The molecule has 0 fully saturated rings. The summed E-state index contributed by atoms with van der Waals surface area (Å²) in [5.41, 5.74) is 1.94. The maximum absolute atomic E-state index is 12.3. The number of para-hydroxylation sites is 1. The summed E-state index contributed by atoms with van der Waals surface area (Å²) in [7, 11) is 0. The molecular formula is C19H14N2O4. The van der Waals surface area contributed by atoms with Crippen LogP contribution in [0.25, 0.3) is 10.8 Å². The molecule has 25 heavy (non-hydrogen) atoms. The summed E-state index contributed by atoms with van der Waals surface area (Å²) in [4.78, 5) is 23.2. The molecular weight excluding hydrogens is 320 g/mol. The number of amides is 1. The molecule has 2 N–H and O–H groups in total. The zero-order chi connectivity index (χ0) is 17.6. The van der Waals surface area contributed by atoms with Crippen molar-refractivity contribution in [2.45, 2.75) is 12.3 Å². The smallest absolute Gasteiger partial charge is 0.273 e. The number of benzene rings is 3. The van der Waals surface area contributed by atoms with Crippen LogP contribution in [-0.2, 0) is 4.79 Å². The van der Waals surface area contributed by atoms with E-state index in [1.807, 2.05) is 12.1 Å². The third kappa shape index (κ3) is 2.39. The molecule has 0 aromatic heterocycles. The molecule has 1 aliphatic rings. The standard InChI is InChI=1S/C19H14N2O4/c22-17-7-3-5-13-12(17)8-9-14-15(10-18(23)20-19(13)14)11-4-1-2-6-16(11)21(24)25/h1-9,15,22H,10H2,(H,20,23)/t15-/m1/s1. The van der Waals surface area contributed by atoms with Crippen molar-refractivity contribution in [2.24, 2.45) is 0 Å². The van der Waals surface area contributed by atoms with Crippen LogP contribution in [0, 0.1) is 10.1 Å². The first kappa shape index (κ1) is 15.1. The van der Waals surface area contributed by atoms with Gasteiger partial charge in [-0.05, 0) is 11.6 Å². The first-order valence-corrected chi connectivity index (χ1v) is 7.84. The number of nitrogens with zero attached hydrogens (tertiary/aromatic N) is 1. The molecule has 1 heterocycles. The Hall–Kier alpha value is -3.41. The zero-order valence-electron chi connectivity index (χ0n) is 13.1. The molecule has 0 aliphatic carbocycles. The van der Waals surface area contributed by atoms with Crippen molar-refractivity contribution in [3.05, 3.63) is 75.8 Å². The molecule has 6 heteroatoms. The van der Waals surface area contributed by atoms with Gasteiger partial charge in [-0.3, -0.25) is 14.9 Å². The van der Waals surface area contributed by atoms with Crippen LogP contribution in [0.3, 0.4) is 0 Å². The molecule has 0 unspecified atom stereocenters. The first-order chi connectivity index (χ1) is 12.1. The van der Waals surface area contributed by atoms with E-state index in [-0.39, 0.29) is 23.8 Å². The van der Waals surface area contributed by atoms with Gasteiger partial charge < -0.3 is 10.4 Å². The highest BCUT2D eigenvalue weighted by molar-refractivity contribution is 6.07. The van der Waals surface area contributed by atoms with Crippen LogP contribution in [0.15, 0.2) is 54.6 Å². The molecule has 6 nitrogen and oxygen atoms in total. The Labute approximate surface area is 142 Å². The first-order valence-electron chi connectivity index (χ1n) is 7.84. The van der Waals surface area contributed by atoms with Crippen LogP contribution in [-0.4, -0.2) is 15.9 Å². The zero-order valence-corrected chi connectivity index (χ0v) is 13.1. The number of nitrogens with one attached hydrogen (secondary N) is 1. The number of carbonyl (C=O) groups excluding carboxylic acids is 1. The number of hydrogen-bond acceptors (Lipinski definition) is 4. The lowest BCUT2D eigenvalue weighted by Gasteiger charge is -2.27. The Morgan fingerprint density at radius 2 is 1.80 bits per heavy atom. The molecule has 1 atom stereocenters. The Bertz CT molecular complexity index is 1030. The average Bonchev–Trinajstić information content (AvgIpc) is 2.61. The third-order valence-corrected chi connectivity index (χ3v) is 4.61. The minimum Gasteiger partial charge on any atom is -0.507 e. The van der Waals surface area contributed by atoms with Gasteiger partial charge in [-0.15, -0.1) is 0 Å². The van der Waals surface area contributed by atoms with E-state index in [4.69, 9.17) is 0 Å². The van der Waals surface area contributed by atoms with Gasteiger partial charge in [0.25, 0.3) is 5.69 Å². The minimum absolute atomic E-state index is 0.00385. The third-order valence-electron chi connectivity index (χ3n) is 4.61. The summed E-state index contributed by atoms with van der Waals surface area (Å²) >= 11 is 0. The molecule has 0 saturated carbocycles. The fourth-order valence-electron chi connectivity index (χ4n) is 3.50. The molecule has 1 amide bonds. The summed E-state index contributed by atoms with van der Waals surface area (Å²) in [6.45, 7) is 0. The van der Waals surface area contributed by atoms with Crippen LogP contribution in [0.4, 0.5) is 11.4 Å². The maximum Gasteiger partial charge on any atom is 0.273 e. The van der Waals surface area contributed by atoms with Crippen LogP contribution in [0.5, 0.6) is 5.75 Å². The normalized spacial score (nSPS) is 16.3. The van der Waals surface area contributed by atoms with E-state index in [1.165, 1.54) is 6.07 Å². The lowest BCUT2D eigenvalue weighted by molar-refractivity contribution is -0.385. The van der Waals surface area contributed by atoms with Crippen molar-refractivity contribution in [1.82, 2.24) is 0 Å². The number of nitro groups is 1. The number of nitro benzene ring substituents is 1. The largest absolute Gasteiger partial charge is 0.507 e. The lowest BCUT2D eigenvalue weighted by atomic mass is 9.82. The number of carbonyl (C=O) groups is 1. The van der Waals surface area contributed by atoms with Gasteiger partial charge in [0, 0.05) is 34.7 Å². The quantitative estimate of drug-likeness (QED) is 0.548. The summed E-state index contributed by atoms with van der Waals surface area (Å²) in [6, 6.07) is 15.2. The molecule has 124 valence electrons. The minimum atomic E-state index is -0.422. The maximum atomic E-state index is 12.3. The number of fused-ring (bicyclic) bond motifs is 3. The fourth-order valence-corrected chi connectivity index (χ4v) is 3.50. The second-order valence-electron chi connectivity index (χ2n) is 6.02. The number of hydrogen-bond donors (Lipinski definition) is 2. The summed E-state index contributed by atoms with van der Waals surface area (Å²) in [5, 5.41) is 25.6. The second kappa shape index (κ2) is 5.59. The van der Waals surface area contributed by atoms with Crippen LogP contribution in [0.1, 0.15) is 23.5 Å². The predicted molar refractivity (Wildman–Crippen MR) is 93.8 cm³/mol. The van der Waals surface area contributed by atoms with Crippen molar-refractivity contribution in [2.75, 3.05) is 5.32 Å². The van der Waals surface area contributed by atoms with Gasteiger partial charge in [-0.25, -0.2) is 0 Å². The van der Waals surface area contributed by atoms with Crippen molar-refractivity contribution in [3.63, 3.8) is 0 Å². The summed E-state index contributed by atoms with van der Waals surface area (Å²) in [6.07, 6.45) is 0.141. The second-order valence-corrected chi connectivity index (χ2v) is 6.02. The lowest BCUT2D eigenvalue weighted by Crippen LogP contribution is -2.24. The van der Waals surface area contributed by atoms with Crippen LogP contribution >= 0.6 is 0 Å². The monoisotopic (exact) mass is 334 g/mol. The molecule has 0 saturated heterocycles. The summed E-state index contributed by atoms with van der Waals surface area (Å²) in [5.74, 6) is -0.481. The van der Waals surface area contributed by atoms with Gasteiger partial charge in [0.15, 0.2) is 0 Å². The SMILES string of the molecule is O=C1C[C@H](c2ccccc2[N+](=O)[O-])c2ccc3c(O)cccc3c2N1. The number of phenols is 1. The van der Waals surface area contributed by atoms with E-state index in [0.29, 0.717) is 22.0 Å². The Morgan fingerprint density at radius 1 is 1.00 bits per heavy atom. The highest BCUT2D eigenvalue weighted by Gasteiger charge is 2.32. The van der Waals surface area contributed by atoms with E-state index in [0.717, 1.165) is 5.56 Å². The average molecular weight is 334 g/mol. The molecule has 3 aromatic carbocycles. The van der Waals surface area contributed by atoms with Gasteiger partial charge in [-0.1, -0.05) is 42.5 Å². The van der Waals surface area contributed by atoms with Crippen molar-refractivity contribution >= 4 is 28.1 Å². The van der Waals surface area contributed by atoms with E-state index in [9.17, 15) is 20.0 Å². The highest BCUT2D eigenvalue weighted by atomic mass is 16.6. The number of rotatable bonds is 2. The number of aromatic hydroxyl groups is 1. The van der Waals surface area contributed by atoms with Crippen LogP contribution in [0.2, 0.25) is 0 Å². The van der Waals surface area contributed by atoms with Crippen molar-refractivity contribution in [1.29, 1.82) is 0 Å². The number of anilines is 1. The van der Waals surface area contributed by atoms with E-state index in [2.05, 4.69) is 5.32 Å². The van der Waals surface area contributed by atoms with Gasteiger partial charge in [0.2, 0.25) is 5.91 Å².